The second-order valence-electron chi connectivity index (χ2n) is 17.5. The number of anilines is 2. The maximum absolute atomic E-state index is 3.61. The van der Waals surface area contributed by atoms with Crippen LogP contribution in [0.3, 0.4) is 0 Å². The first-order valence-corrected chi connectivity index (χ1v) is 20.6. The van der Waals surface area contributed by atoms with Gasteiger partial charge in [0.25, 0.3) is 0 Å². The summed E-state index contributed by atoms with van der Waals surface area (Å²) in [5.41, 5.74) is 17.9. The van der Waals surface area contributed by atoms with Crippen molar-refractivity contribution < 1.29 is 0 Å². The molecule has 0 amide bonds. The van der Waals surface area contributed by atoms with Crippen molar-refractivity contribution in [3.8, 4) is 33.4 Å². The molecule has 8 aromatic rings. The average molecular weight is 746 g/mol. The Morgan fingerprint density at radius 1 is 0.569 bits per heavy atom. The Hall–Kier alpha value is -6.62. The zero-order valence-corrected chi connectivity index (χ0v) is 34.0. The highest BCUT2D eigenvalue weighted by atomic mass is 15.2. The molecule has 2 aliphatic rings. The maximum Gasteiger partial charge on any atom is 0.0550 e. The fraction of sp³-hybridized carbons (Fsp3) is 0.158. The molecule has 0 aliphatic heterocycles. The van der Waals surface area contributed by atoms with E-state index in [0.717, 1.165) is 35.2 Å². The van der Waals surface area contributed by atoms with Gasteiger partial charge in [0, 0.05) is 27.9 Å². The lowest BCUT2D eigenvalue weighted by Crippen LogP contribution is -2.22. The molecule has 0 spiro atoms. The molecule has 0 N–H and O–H groups in total. The normalized spacial score (nSPS) is 14.5. The molecule has 1 heteroatoms. The average Bonchev–Trinajstić information content (AvgIpc) is 3.49. The van der Waals surface area contributed by atoms with Gasteiger partial charge in [0.15, 0.2) is 0 Å². The van der Waals surface area contributed by atoms with Gasteiger partial charge in [0.05, 0.1) is 5.69 Å². The molecule has 8 aromatic carbocycles. The summed E-state index contributed by atoms with van der Waals surface area (Å²) in [6, 6.07) is 67.3. The van der Waals surface area contributed by atoms with Crippen LogP contribution in [0, 0.1) is 12.1 Å². The van der Waals surface area contributed by atoms with Crippen molar-refractivity contribution in [1.29, 1.82) is 0 Å². The lowest BCUT2D eigenvalue weighted by atomic mass is 9.78. The lowest BCUT2D eigenvalue weighted by Gasteiger charge is -2.34. The highest BCUT2D eigenvalue weighted by Crippen LogP contribution is 2.53. The van der Waals surface area contributed by atoms with Gasteiger partial charge in [-0.2, -0.15) is 0 Å². The Bertz CT molecular complexity index is 2910. The number of hydrogen-bond donors (Lipinski definition) is 0. The van der Waals surface area contributed by atoms with Crippen molar-refractivity contribution in [2.45, 2.75) is 58.3 Å². The van der Waals surface area contributed by atoms with E-state index in [0.29, 0.717) is 0 Å². The van der Waals surface area contributed by atoms with Crippen LogP contribution in [0.25, 0.3) is 60.5 Å². The van der Waals surface area contributed by atoms with E-state index in [1.54, 1.807) is 0 Å². The summed E-state index contributed by atoms with van der Waals surface area (Å²) in [4.78, 5) is 2.53. The van der Waals surface area contributed by atoms with E-state index in [9.17, 15) is 0 Å². The van der Waals surface area contributed by atoms with Gasteiger partial charge in [-0.15, -0.1) is 0 Å². The first kappa shape index (κ1) is 35.8. The number of hydrogen-bond acceptors (Lipinski definition) is 1. The topological polar surface area (TPSA) is 3.24 Å². The first-order valence-electron chi connectivity index (χ1n) is 20.6. The molecule has 10 rings (SSSR count). The first-order chi connectivity index (χ1) is 28.1. The molecule has 0 fully saturated rings. The third-order valence-corrected chi connectivity index (χ3v) is 12.7. The predicted octanol–water partition coefficient (Wildman–Crippen LogP) is 15.5. The minimum Gasteiger partial charge on any atom is -0.314 e. The smallest absolute Gasteiger partial charge is 0.0550 e. The third-order valence-electron chi connectivity index (χ3n) is 12.7. The van der Waals surface area contributed by atoms with Crippen LogP contribution in [0.15, 0.2) is 181 Å². The summed E-state index contributed by atoms with van der Waals surface area (Å²) in [6.07, 6.45) is 4.44. The van der Waals surface area contributed by atoms with Gasteiger partial charge >= 0.3 is 0 Å². The molecule has 2 aliphatic carbocycles. The lowest BCUT2D eigenvalue weighted by molar-refractivity contribution is 0.590. The Kier molecular flexibility index (Phi) is 8.51. The highest BCUT2D eigenvalue weighted by Gasteiger charge is 2.39. The minimum absolute atomic E-state index is 0.00766. The van der Waals surface area contributed by atoms with Gasteiger partial charge < -0.3 is 4.90 Å². The van der Waals surface area contributed by atoms with Gasteiger partial charge in [0.2, 0.25) is 0 Å². The number of allylic oxidation sites excluding steroid dienone is 4. The number of nitrogens with zero attached hydrogens (tertiary/aromatic N) is 1. The fourth-order valence-electron chi connectivity index (χ4n) is 9.50. The van der Waals surface area contributed by atoms with E-state index in [-0.39, 0.29) is 10.8 Å². The quantitative estimate of drug-likeness (QED) is 0.164. The Morgan fingerprint density at radius 3 is 1.84 bits per heavy atom. The van der Waals surface area contributed by atoms with Crippen LogP contribution < -0.4 is 4.90 Å². The molecular formula is C57H47N. The summed E-state index contributed by atoms with van der Waals surface area (Å²) in [6.45, 7) is 11.6. The monoisotopic (exact) mass is 745 g/mol. The number of rotatable bonds is 6. The third kappa shape index (κ3) is 6.04. The molecule has 0 saturated carbocycles. The van der Waals surface area contributed by atoms with Crippen LogP contribution in [-0.4, -0.2) is 0 Å². The molecule has 0 aromatic heterocycles. The molecule has 0 bridgehead atoms. The second-order valence-corrected chi connectivity index (χ2v) is 17.5. The standard InChI is InChI=1S/C57H47N/c1-56(2,3)44-30-25-40(26-31-44)38-21-23-39(24-22-38)41-27-32-45(33-28-41)58(46-34-35-53-51(37-46)49-18-10-11-20-52(49)57(53,4)5)54-36-29-43-14-7-9-17-48(43)55(54)50-19-12-15-42-13-6-8-16-47(42)50/h6-11,13-18,20-33,36-37H,34-35H2,1-5H3. The summed E-state index contributed by atoms with van der Waals surface area (Å²) in [7, 11) is 0. The summed E-state index contributed by atoms with van der Waals surface area (Å²) < 4.78 is 0. The van der Waals surface area contributed by atoms with E-state index in [2.05, 4.69) is 215 Å². The van der Waals surface area contributed by atoms with Gasteiger partial charge in [-0.05, 0) is 115 Å². The molecule has 280 valence electrons. The van der Waals surface area contributed by atoms with Crippen molar-refractivity contribution >= 4 is 38.5 Å². The summed E-state index contributed by atoms with van der Waals surface area (Å²) in [5.74, 6) is 0. The van der Waals surface area contributed by atoms with Crippen molar-refractivity contribution in [3.63, 3.8) is 0 Å². The van der Waals surface area contributed by atoms with Crippen LogP contribution in [-0.2, 0) is 10.8 Å². The van der Waals surface area contributed by atoms with Gasteiger partial charge in [0.1, 0.15) is 0 Å². The van der Waals surface area contributed by atoms with E-state index in [4.69, 9.17) is 0 Å². The van der Waals surface area contributed by atoms with Crippen LogP contribution in [0.2, 0.25) is 0 Å². The maximum atomic E-state index is 3.61. The second kappa shape index (κ2) is 13.8. The number of benzene rings is 7. The van der Waals surface area contributed by atoms with E-state index >= 15 is 0 Å². The van der Waals surface area contributed by atoms with Crippen molar-refractivity contribution in [2.24, 2.45) is 0 Å². The van der Waals surface area contributed by atoms with Crippen molar-refractivity contribution in [3.05, 3.63) is 210 Å². The molecule has 0 radical (unpaired) electrons. The molecular weight excluding hydrogens is 699 g/mol. The molecule has 0 atom stereocenters. The zero-order valence-electron chi connectivity index (χ0n) is 34.0. The summed E-state index contributed by atoms with van der Waals surface area (Å²) in [5, 5.41) is 4.76. The molecule has 0 saturated heterocycles. The van der Waals surface area contributed by atoms with E-state index < -0.39 is 0 Å². The fourth-order valence-corrected chi connectivity index (χ4v) is 9.50. The van der Waals surface area contributed by atoms with Gasteiger partial charge in [-0.25, -0.2) is 0 Å². The molecule has 0 unspecified atom stereocenters. The predicted molar refractivity (Wildman–Crippen MR) is 246 cm³/mol. The van der Waals surface area contributed by atoms with Crippen molar-refractivity contribution in [2.75, 3.05) is 4.90 Å². The van der Waals surface area contributed by atoms with Crippen LogP contribution >= 0.6 is 0 Å². The number of fused-ring (bicyclic) bond motifs is 4. The minimum atomic E-state index is 0.00766. The zero-order chi connectivity index (χ0) is 39.6. The largest absolute Gasteiger partial charge is 0.314 e. The summed E-state index contributed by atoms with van der Waals surface area (Å²) >= 11 is 0. The molecule has 58 heavy (non-hydrogen) atoms. The van der Waals surface area contributed by atoms with Crippen molar-refractivity contribution in [1.82, 2.24) is 0 Å². The van der Waals surface area contributed by atoms with Gasteiger partial charge in [-0.3, -0.25) is 0 Å². The van der Waals surface area contributed by atoms with E-state index in [1.165, 1.54) is 77.5 Å². The highest BCUT2D eigenvalue weighted by molar-refractivity contribution is 6.10. The molecule has 1 nitrogen and oxygen atoms in total. The van der Waals surface area contributed by atoms with Crippen LogP contribution in [0.5, 0.6) is 0 Å². The van der Waals surface area contributed by atoms with Crippen LogP contribution in [0.1, 0.15) is 64.2 Å². The van der Waals surface area contributed by atoms with E-state index in [1.807, 2.05) is 6.07 Å². The Labute approximate surface area is 343 Å². The van der Waals surface area contributed by atoms with Crippen LogP contribution in [0.4, 0.5) is 11.4 Å². The Balaban J connectivity index is 1.11. The van der Waals surface area contributed by atoms with Gasteiger partial charge in [-0.1, -0.05) is 192 Å². The molecule has 0 heterocycles. The Morgan fingerprint density at radius 2 is 1.16 bits per heavy atom. The SMILES string of the molecule is CC(C)(C)c1ccc(-c2ccc(-c3ccc(N(C4=CC5=C(CC4)C(C)(C)c4ccccc45)c4ccc5ccccc5c4-c4c#ccc5ccccc45)cc3)cc2)cc1.